The van der Waals surface area contributed by atoms with Crippen LogP contribution in [0, 0.1) is 0 Å². The van der Waals surface area contributed by atoms with Gasteiger partial charge in [0.15, 0.2) is 0 Å². The normalized spacial score (nSPS) is 30.0. The molecule has 1 aliphatic carbocycles. The Morgan fingerprint density at radius 2 is 2.21 bits per heavy atom. The average molecular weight is 215 g/mol. The second-order valence-corrected chi connectivity index (χ2v) is 3.85. The summed E-state index contributed by atoms with van der Waals surface area (Å²) in [5.41, 5.74) is -1.52. The fraction of sp³-hybridized carbons (Fsp3) is 0.300. The van der Waals surface area contributed by atoms with Crippen molar-refractivity contribution in [3.63, 3.8) is 0 Å². The van der Waals surface area contributed by atoms with Gasteiger partial charge in [-0.3, -0.25) is 0 Å². The number of carboxylic acids is 1. The van der Waals surface area contributed by atoms with Crippen LogP contribution in [0.3, 0.4) is 0 Å². The molecule has 0 heterocycles. The highest BCUT2D eigenvalue weighted by Crippen LogP contribution is 2.56. The lowest BCUT2D eigenvalue weighted by Crippen LogP contribution is -2.18. The first-order valence-electron chi connectivity index (χ1n) is 4.22. The molecule has 1 N–H and O–H groups in total. The van der Waals surface area contributed by atoms with Gasteiger partial charge in [-0.25, -0.2) is 9.18 Å². The third kappa shape index (κ3) is 1.28. The Morgan fingerprint density at radius 1 is 1.57 bits per heavy atom. The molecule has 1 aliphatic rings. The molecule has 1 fully saturated rings. The maximum atomic E-state index is 13.5. The van der Waals surface area contributed by atoms with Crippen molar-refractivity contribution in [3.05, 3.63) is 34.9 Å². The first kappa shape index (κ1) is 9.46. The van der Waals surface area contributed by atoms with Crippen molar-refractivity contribution in [2.45, 2.75) is 18.0 Å². The summed E-state index contributed by atoms with van der Waals surface area (Å²) in [6.45, 7) is 0. The molecule has 0 aliphatic heterocycles. The number of hydrogen-bond acceptors (Lipinski definition) is 1. The van der Waals surface area contributed by atoms with E-state index >= 15 is 0 Å². The van der Waals surface area contributed by atoms with E-state index in [1.807, 2.05) is 0 Å². The van der Waals surface area contributed by atoms with Gasteiger partial charge in [-0.15, -0.1) is 0 Å². The number of alkyl halides is 1. The molecule has 2 rings (SSSR count). The second kappa shape index (κ2) is 2.95. The molecule has 0 spiro atoms. The molecular weight excluding hydrogens is 207 g/mol. The Hall–Kier alpha value is -1.09. The van der Waals surface area contributed by atoms with Gasteiger partial charge in [0, 0.05) is 17.4 Å². The summed E-state index contributed by atoms with van der Waals surface area (Å²) in [5, 5.41) is 9.05. The predicted octanol–water partition coefficient (Wildman–Crippen LogP) is 2.62. The van der Waals surface area contributed by atoms with Gasteiger partial charge in [0.05, 0.1) is 0 Å². The standard InChI is InChI=1S/C10H8ClFO2/c11-8-4-2-1-3-6(8)7-5-10(7,12)9(13)14/h1-4,7H,5H2,(H,13,14). The van der Waals surface area contributed by atoms with Crippen molar-refractivity contribution in [3.8, 4) is 0 Å². The minimum Gasteiger partial charge on any atom is -0.479 e. The van der Waals surface area contributed by atoms with E-state index in [0.717, 1.165) is 0 Å². The Balaban J connectivity index is 2.29. The van der Waals surface area contributed by atoms with Gasteiger partial charge in [-0.1, -0.05) is 29.8 Å². The van der Waals surface area contributed by atoms with Gasteiger partial charge >= 0.3 is 5.97 Å². The number of rotatable bonds is 2. The van der Waals surface area contributed by atoms with Crippen LogP contribution in [0.15, 0.2) is 24.3 Å². The van der Waals surface area contributed by atoms with E-state index in [9.17, 15) is 9.18 Å². The molecule has 1 saturated carbocycles. The van der Waals surface area contributed by atoms with Crippen molar-refractivity contribution in [1.82, 2.24) is 0 Å². The quantitative estimate of drug-likeness (QED) is 0.822. The molecule has 2 atom stereocenters. The van der Waals surface area contributed by atoms with Gasteiger partial charge in [0.1, 0.15) is 0 Å². The summed E-state index contributed by atoms with van der Waals surface area (Å²) >= 11 is 5.83. The summed E-state index contributed by atoms with van der Waals surface area (Å²) in [7, 11) is 0. The molecule has 0 bridgehead atoms. The van der Waals surface area contributed by atoms with Crippen molar-refractivity contribution in [2.24, 2.45) is 0 Å². The van der Waals surface area contributed by atoms with Gasteiger partial charge in [0.2, 0.25) is 5.67 Å². The summed E-state index contributed by atoms with van der Waals surface area (Å²) in [5.74, 6) is -1.99. The first-order valence-corrected chi connectivity index (χ1v) is 4.60. The highest BCUT2D eigenvalue weighted by Gasteiger charge is 2.63. The number of halogens is 2. The number of benzene rings is 1. The molecule has 0 aromatic heterocycles. The zero-order valence-electron chi connectivity index (χ0n) is 7.21. The van der Waals surface area contributed by atoms with Crippen LogP contribution < -0.4 is 0 Å². The summed E-state index contributed by atoms with van der Waals surface area (Å²) in [6, 6.07) is 6.76. The highest BCUT2D eigenvalue weighted by molar-refractivity contribution is 6.31. The largest absolute Gasteiger partial charge is 0.479 e. The number of hydrogen-bond donors (Lipinski definition) is 1. The van der Waals surface area contributed by atoms with Crippen LogP contribution in [0.4, 0.5) is 4.39 Å². The van der Waals surface area contributed by atoms with E-state index in [4.69, 9.17) is 16.7 Å². The van der Waals surface area contributed by atoms with Crippen molar-refractivity contribution in [1.29, 1.82) is 0 Å². The van der Waals surface area contributed by atoms with E-state index in [-0.39, 0.29) is 6.42 Å². The second-order valence-electron chi connectivity index (χ2n) is 3.45. The smallest absolute Gasteiger partial charge is 0.342 e. The Labute approximate surface area is 85.3 Å². The molecule has 0 radical (unpaired) electrons. The number of carbonyl (C=O) groups is 1. The Morgan fingerprint density at radius 3 is 2.71 bits per heavy atom. The Bertz CT molecular complexity index is 393. The predicted molar refractivity (Wildman–Crippen MR) is 50.3 cm³/mol. The lowest BCUT2D eigenvalue weighted by Gasteiger charge is -2.03. The van der Waals surface area contributed by atoms with Crippen LogP contribution in [-0.4, -0.2) is 16.7 Å². The van der Waals surface area contributed by atoms with E-state index in [2.05, 4.69) is 0 Å². The van der Waals surface area contributed by atoms with Crippen LogP contribution in [-0.2, 0) is 4.79 Å². The summed E-state index contributed by atoms with van der Waals surface area (Å²) in [6.07, 6.45) is 0.0199. The zero-order valence-corrected chi connectivity index (χ0v) is 7.96. The van der Waals surface area contributed by atoms with Gasteiger partial charge in [-0.05, 0) is 11.6 Å². The molecule has 2 nitrogen and oxygen atoms in total. The van der Waals surface area contributed by atoms with Gasteiger partial charge in [-0.2, -0.15) is 0 Å². The van der Waals surface area contributed by atoms with Crippen LogP contribution in [0.1, 0.15) is 17.9 Å². The minimum atomic E-state index is -2.11. The molecule has 4 heteroatoms. The number of aliphatic carboxylic acids is 1. The van der Waals surface area contributed by atoms with E-state index in [1.54, 1.807) is 24.3 Å². The van der Waals surface area contributed by atoms with Crippen LogP contribution in [0.2, 0.25) is 5.02 Å². The molecule has 74 valence electrons. The molecule has 1 aromatic carbocycles. The first-order chi connectivity index (χ1) is 6.55. The molecule has 0 saturated heterocycles. The van der Waals surface area contributed by atoms with Crippen molar-refractivity contribution < 1.29 is 14.3 Å². The number of carboxylic acid groups (broad SMARTS) is 1. The third-order valence-electron chi connectivity index (χ3n) is 2.53. The monoisotopic (exact) mass is 214 g/mol. The molecule has 2 unspecified atom stereocenters. The molecule has 14 heavy (non-hydrogen) atoms. The summed E-state index contributed by atoms with van der Waals surface area (Å²) in [4.78, 5) is 10.6. The minimum absolute atomic E-state index is 0.0199. The molecule has 1 aromatic rings. The topological polar surface area (TPSA) is 37.3 Å². The van der Waals surface area contributed by atoms with Crippen LogP contribution in [0.5, 0.6) is 0 Å². The molecular formula is C10H8ClFO2. The van der Waals surface area contributed by atoms with Crippen LogP contribution >= 0.6 is 11.6 Å². The van der Waals surface area contributed by atoms with E-state index < -0.39 is 17.6 Å². The SMILES string of the molecule is O=C(O)C1(F)CC1c1ccccc1Cl. The van der Waals surface area contributed by atoms with Crippen molar-refractivity contribution >= 4 is 17.6 Å². The average Bonchev–Trinajstić information content (AvgIpc) is 2.80. The lowest BCUT2D eigenvalue weighted by atomic mass is 10.1. The summed E-state index contributed by atoms with van der Waals surface area (Å²) < 4.78 is 13.5. The van der Waals surface area contributed by atoms with Gasteiger partial charge < -0.3 is 5.11 Å². The van der Waals surface area contributed by atoms with Gasteiger partial charge in [0.25, 0.3) is 0 Å². The van der Waals surface area contributed by atoms with E-state index in [1.165, 1.54) is 0 Å². The molecule has 0 amide bonds. The fourth-order valence-electron chi connectivity index (χ4n) is 1.59. The maximum absolute atomic E-state index is 13.5. The van der Waals surface area contributed by atoms with E-state index in [0.29, 0.717) is 10.6 Å². The lowest BCUT2D eigenvalue weighted by molar-refractivity contribution is -0.144. The van der Waals surface area contributed by atoms with Crippen LogP contribution in [0.25, 0.3) is 0 Å². The fourth-order valence-corrected chi connectivity index (χ4v) is 1.86. The third-order valence-corrected chi connectivity index (χ3v) is 2.87. The zero-order chi connectivity index (χ0) is 10.3. The maximum Gasteiger partial charge on any atom is 0.342 e. The Kier molecular flexibility index (Phi) is 2.00. The highest BCUT2D eigenvalue weighted by atomic mass is 35.5. The van der Waals surface area contributed by atoms with Crippen molar-refractivity contribution in [2.75, 3.05) is 0 Å².